The summed E-state index contributed by atoms with van der Waals surface area (Å²) in [5.41, 5.74) is 11.8. The molecule has 0 aliphatic heterocycles. The van der Waals surface area contributed by atoms with Crippen LogP contribution in [0.3, 0.4) is 0 Å². The molecule has 2 aromatic heterocycles. The summed E-state index contributed by atoms with van der Waals surface area (Å²) in [6.45, 7) is 3.97. The number of pyridine rings is 2. The van der Waals surface area contributed by atoms with Gasteiger partial charge in [0.25, 0.3) is 0 Å². The molecule has 0 spiro atoms. The first kappa shape index (κ1) is 11.7. The topological polar surface area (TPSA) is 51.8 Å². The Bertz CT molecular complexity index is 746. The van der Waals surface area contributed by atoms with E-state index in [1.807, 2.05) is 56.4 Å². The van der Waals surface area contributed by atoms with Crippen LogP contribution in [0.5, 0.6) is 0 Å². The lowest BCUT2D eigenvalue weighted by Gasteiger charge is -2.11. The van der Waals surface area contributed by atoms with E-state index in [4.69, 9.17) is 10.7 Å². The van der Waals surface area contributed by atoms with Crippen LogP contribution in [0.4, 0.5) is 5.69 Å². The Hall–Kier alpha value is -2.42. The van der Waals surface area contributed by atoms with Crippen LogP contribution in [0.25, 0.3) is 22.2 Å². The zero-order valence-corrected chi connectivity index (χ0v) is 11.0. The zero-order valence-electron chi connectivity index (χ0n) is 11.0. The fourth-order valence-corrected chi connectivity index (χ4v) is 2.22. The second-order valence-electron chi connectivity index (χ2n) is 4.70. The van der Waals surface area contributed by atoms with Crippen molar-refractivity contribution < 1.29 is 0 Å². The number of anilines is 1. The quantitative estimate of drug-likeness (QED) is 0.718. The maximum absolute atomic E-state index is 6.23. The van der Waals surface area contributed by atoms with E-state index < -0.39 is 0 Å². The minimum Gasteiger partial charge on any atom is -0.398 e. The predicted octanol–water partition coefficient (Wildman–Crippen LogP) is 3.50. The van der Waals surface area contributed by atoms with Gasteiger partial charge < -0.3 is 5.73 Å². The van der Waals surface area contributed by atoms with Gasteiger partial charge in [-0.1, -0.05) is 18.2 Å². The molecule has 0 amide bonds. The van der Waals surface area contributed by atoms with Crippen molar-refractivity contribution in [2.75, 3.05) is 5.73 Å². The first-order valence-electron chi connectivity index (χ1n) is 6.24. The van der Waals surface area contributed by atoms with E-state index in [1.54, 1.807) is 0 Å². The minimum absolute atomic E-state index is 0.793. The molecule has 0 fully saturated rings. The fourth-order valence-electron chi connectivity index (χ4n) is 2.22. The van der Waals surface area contributed by atoms with E-state index >= 15 is 0 Å². The van der Waals surface area contributed by atoms with Crippen molar-refractivity contribution >= 4 is 16.6 Å². The highest BCUT2D eigenvalue weighted by Crippen LogP contribution is 2.30. The Morgan fingerprint density at radius 2 is 1.79 bits per heavy atom. The summed E-state index contributed by atoms with van der Waals surface area (Å²) in [5.74, 6) is 0. The van der Waals surface area contributed by atoms with Crippen molar-refractivity contribution in [3.8, 4) is 11.3 Å². The molecule has 0 aliphatic carbocycles. The molecule has 0 unspecified atom stereocenters. The van der Waals surface area contributed by atoms with Crippen LogP contribution in [0.1, 0.15) is 11.3 Å². The largest absolute Gasteiger partial charge is 0.398 e. The molecule has 1 aromatic carbocycles. The summed E-state index contributed by atoms with van der Waals surface area (Å²) in [4.78, 5) is 9.04. The highest BCUT2D eigenvalue weighted by Gasteiger charge is 2.10. The van der Waals surface area contributed by atoms with Crippen LogP contribution in [0.2, 0.25) is 0 Å². The van der Waals surface area contributed by atoms with E-state index in [9.17, 15) is 0 Å². The second kappa shape index (κ2) is 4.35. The molecule has 0 aliphatic rings. The van der Waals surface area contributed by atoms with Gasteiger partial charge in [0.05, 0.1) is 11.2 Å². The van der Waals surface area contributed by atoms with Crippen molar-refractivity contribution in [2.24, 2.45) is 0 Å². The molecule has 2 N–H and O–H groups in total. The Labute approximate surface area is 112 Å². The Kier molecular flexibility index (Phi) is 2.67. The van der Waals surface area contributed by atoms with E-state index in [0.717, 1.165) is 39.1 Å². The number of aryl methyl sites for hydroxylation is 1. The number of nitrogens with two attached hydrogens (primary N) is 1. The maximum atomic E-state index is 6.23. The number of nitrogens with zero attached hydrogens (tertiary/aromatic N) is 2. The van der Waals surface area contributed by atoms with Crippen LogP contribution >= 0.6 is 0 Å². The summed E-state index contributed by atoms with van der Waals surface area (Å²) >= 11 is 0. The highest BCUT2D eigenvalue weighted by atomic mass is 14.7. The van der Waals surface area contributed by atoms with Gasteiger partial charge in [0, 0.05) is 28.5 Å². The molecule has 3 aromatic rings. The lowest BCUT2D eigenvalue weighted by molar-refractivity contribution is 1.19. The number of hydrogen-bond acceptors (Lipinski definition) is 3. The zero-order chi connectivity index (χ0) is 13.4. The van der Waals surface area contributed by atoms with Crippen LogP contribution in [-0.4, -0.2) is 9.97 Å². The highest BCUT2D eigenvalue weighted by molar-refractivity contribution is 5.94. The number of hydrogen-bond donors (Lipinski definition) is 1. The number of aromatic nitrogens is 2. The summed E-state index contributed by atoms with van der Waals surface area (Å²) in [6, 6.07) is 12.0. The molecule has 3 nitrogen and oxygen atoms in total. The molecular weight excluding hydrogens is 234 g/mol. The van der Waals surface area contributed by atoms with Crippen molar-refractivity contribution in [1.82, 2.24) is 9.97 Å². The Balaban J connectivity index is 2.29. The van der Waals surface area contributed by atoms with Crippen LogP contribution in [0, 0.1) is 13.8 Å². The molecule has 19 heavy (non-hydrogen) atoms. The molecule has 0 radical (unpaired) electrons. The maximum Gasteiger partial charge on any atom is 0.0774 e. The lowest BCUT2D eigenvalue weighted by atomic mass is 10.0. The van der Waals surface area contributed by atoms with E-state index in [1.165, 1.54) is 0 Å². The van der Waals surface area contributed by atoms with Crippen molar-refractivity contribution in [1.29, 1.82) is 0 Å². The Morgan fingerprint density at radius 3 is 2.53 bits per heavy atom. The monoisotopic (exact) mass is 249 g/mol. The van der Waals surface area contributed by atoms with Gasteiger partial charge in [-0.25, -0.2) is 4.98 Å². The van der Waals surface area contributed by atoms with Gasteiger partial charge >= 0.3 is 0 Å². The van der Waals surface area contributed by atoms with Crippen molar-refractivity contribution in [2.45, 2.75) is 13.8 Å². The number of benzene rings is 1. The lowest BCUT2D eigenvalue weighted by Crippen LogP contribution is -1.98. The molecule has 3 rings (SSSR count). The van der Waals surface area contributed by atoms with Gasteiger partial charge in [0.1, 0.15) is 0 Å². The molecule has 0 saturated carbocycles. The van der Waals surface area contributed by atoms with Gasteiger partial charge in [0.15, 0.2) is 0 Å². The molecule has 3 heteroatoms. The van der Waals surface area contributed by atoms with Crippen LogP contribution in [-0.2, 0) is 0 Å². The summed E-state index contributed by atoms with van der Waals surface area (Å²) in [7, 11) is 0. The third-order valence-electron chi connectivity index (χ3n) is 3.37. The molecule has 94 valence electrons. The molecule has 2 heterocycles. The predicted molar refractivity (Wildman–Crippen MR) is 78.9 cm³/mol. The number of nitrogen functional groups attached to an aromatic ring is 1. The first-order chi connectivity index (χ1) is 9.16. The van der Waals surface area contributed by atoms with Gasteiger partial charge in [-0.05, 0) is 37.6 Å². The summed E-state index contributed by atoms with van der Waals surface area (Å²) in [5, 5.41) is 1.00. The molecule has 0 bridgehead atoms. The van der Waals surface area contributed by atoms with E-state index in [0.29, 0.717) is 0 Å². The smallest absolute Gasteiger partial charge is 0.0774 e. The van der Waals surface area contributed by atoms with Crippen molar-refractivity contribution in [3.63, 3.8) is 0 Å². The van der Waals surface area contributed by atoms with Gasteiger partial charge in [-0.3, -0.25) is 4.98 Å². The van der Waals surface area contributed by atoms with Gasteiger partial charge in [0.2, 0.25) is 0 Å². The third kappa shape index (κ3) is 1.93. The average Bonchev–Trinajstić information content (AvgIpc) is 2.44. The van der Waals surface area contributed by atoms with Gasteiger partial charge in [-0.15, -0.1) is 0 Å². The third-order valence-corrected chi connectivity index (χ3v) is 3.37. The van der Waals surface area contributed by atoms with Gasteiger partial charge in [-0.2, -0.15) is 0 Å². The number of fused-ring (bicyclic) bond motifs is 1. The van der Waals surface area contributed by atoms with Crippen LogP contribution < -0.4 is 5.73 Å². The van der Waals surface area contributed by atoms with E-state index in [2.05, 4.69) is 4.98 Å². The minimum atomic E-state index is 0.793. The summed E-state index contributed by atoms with van der Waals surface area (Å²) in [6.07, 6.45) is 1.85. The fraction of sp³-hybridized carbons (Fsp3) is 0.125. The second-order valence-corrected chi connectivity index (χ2v) is 4.70. The van der Waals surface area contributed by atoms with Crippen LogP contribution in [0.15, 0.2) is 42.6 Å². The SMILES string of the molecule is Cc1ccc(-c2nc3ccccc3c(N)c2C)cn1. The van der Waals surface area contributed by atoms with Crippen molar-refractivity contribution in [3.05, 3.63) is 53.9 Å². The summed E-state index contributed by atoms with van der Waals surface area (Å²) < 4.78 is 0. The van der Waals surface area contributed by atoms with E-state index in [-0.39, 0.29) is 0 Å². The number of rotatable bonds is 1. The first-order valence-corrected chi connectivity index (χ1v) is 6.24. The Morgan fingerprint density at radius 1 is 1.00 bits per heavy atom. The average molecular weight is 249 g/mol. The molecule has 0 saturated heterocycles. The molecular formula is C16H15N3. The normalized spacial score (nSPS) is 10.8. The molecule has 0 atom stereocenters. The number of para-hydroxylation sites is 1. The standard InChI is InChI=1S/C16H15N3/c1-10-7-8-12(9-18-10)16-11(2)15(17)13-5-3-4-6-14(13)19-16/h3-9H,1-2H3,(H2,17,19).